The van der Waals surface area contributed by atoms with Crippen LogP contribution in [0.3, 0.4) is 0 Å². The van der Waals surface area contributed by atoms with E-state index in [4.69, 9.17) is 34.8 Å². The highest BCUT2D eigenvalue weighted by Gasteiger charge is 2.22. The van der Waals surface area contributed by atoms with Crippen LogP contribution in [-0.2, 0) is 10.0 Å². The number of nitrogens with one attached hydrogen (secondary N) is 2. The summed E-state index contributed by atoms with van der Waals surface area (Å²) in [5, 5.41) is 6.25. The zero-order chi connectivity index (χ0) is 13.3. The summed E-state index contributed by atoms with van der Waals surface area (Å²) < 4.78 is 26.5. The van der Waals surface area contributed by atoms with E-state index in [9.17, 15) is 8.42 Å². The molecule has 1 heterocycles. The summed E-state index contributed by atoms with van der Waals surface area (Å²) in [5.74, 6) is 0. The van der Waals surface area contributed by atoms with Gasteiger partial charge in [-0.1, -0.05) is 34.8 Å². The van der Waals surface area contributed by atoms with Crippen LogP contribution < -0.4 is 4.72 Å². The van der Waals surface area contributed by atoms with Crippen molar-refractivity contribution < 1.29 is 8.42 Å². The van der Waals surface area contributed by atoms with Gasteiger partial charge in [0.2, 0.25) is 0 Å². The van der Waals surface area contributed by atoms with Crippen LogP contribution >= 0.6 is 34.8 Å². The summed E-state index contributed by atoms with van der Waals surface area (Å²) >= 11 is 17.4. The highest BCUT2D eigenvalue weighted by Crippen LogP contribution is 2.33. The summed E-state index contributed by atoms with van der Waals surface area (Å²) in [7, 11) is -3.89. The predicted octanol–water partition coefficient (Wildman–Crippen LogP) is 3.17. The third kappa shape index (κ3) is 2.72. The van der Waals surface area contributed by atoms with Gasteiger partial charge in [0.1, 0.15) is 4.90 Å². The van der Waals surface area contributed by atoms with Gasteiger partial charge < -0.3 is 0 Å². The summed E-state index contributed by atoms with van der Waals surface area (Å²) in [6.07, 6.45) is 2.70. The molecule has 0 spiro atoms. The fourth-order valence-electron chi connectivity index (χ4n) is 1.30. The van der Waals surface area contributed by atoms with Crippen LogP contribution in [-0.4, -0.2) is 18.6 Å². The lowest BCUT2D eigenvalue weighted by molar-refractivity contribution is 0.601. The molecular weight excluding hydrogens is 321 g/mol. The van der Waals surface area contributed by atoms with Crippen LogP contribution in [0.2, 0.25) is 15.1 Å². The van der Waals surface area contributed by atoms with Gasteiger partial charge in [0, 0.05) is 11.2 Å². The Balaban J connectivity index is 2.48. The molecule has 0 fully saturated rings. The number of rotatable bonds is 3. The van der Waals surface area contributed by atoms with Crippen molar-refractivity contribution in [2.24, 2.45) is 0 Å². The van der Waals surface area contributed by atoms with E-state index in [1.54, 1.807) is 0 Å². The van der Waals surface area contributed by atoms with Crippen molar-refractivity contribution >= 4 is 50.5 Å². The maximum absolute atomic E-state index is 12.1. The zero-order valence-corrected chi connectivity index (χ0v) is 11.7. The third-order valence-electron chi connectivity index (χ3n) is 1.98. The zero-order valence-electron chi connectivity index (χ0n) is 8.62. The molecule has 18 heavy (non-hydrogen) atoms. The van der Waals surface area contributed by atoms with E-state index in [1.807, 2.05) is 0 Å². The molecule has 2 rings (SSSR count). The van der Waals surface area contributed by atoms with Crippen LogP contribution in [0.4, 0.5) is 5.69 Å². The molecule has 0 saturated carbocycles. The van der Waals surface area contributed by atoms with Gasteiger partial charge in [-0.25, -0.2) is 8.42 Å². The molecule has 0 radical (unpaired) electrons. The Hall–Kier alpha value is -0.950. The second kappa shape index (κ2) is 4.97. The van der Waals surface area contributed by atoms with Crippen LogP contribution in [0.5, 0.6) is 0 Å². The molecule has 0 aliphatic carbocycles. The van der Waals surface area contributed by atoms with Crippen molar-refractivity contribution in [3.8, 4) is 0 Å². The largest absolute Gasteiger partial charge is 0.284 e. The maximum Gasteiger partial charge on any atom is 0.264 e. The lowest BCUT2D eigenvalue weighted by Crippen LogP contribution is -2.13. The van der Waals surface area contributed by atoms with Crippen molar-refractivity contribution in [3.05, 3.63) is 39.6 Å². The van der Waals surface area contributed by atoms with Crippen molar-refractivity contribution in [3.63, 3.8) is 0 Å². The quantitative estimate of drug-likeness (QED) is 0.909. The van der Waals surface area contributed by atoms with Crippen molar-refractivity contribution in [1.29, 1.82) is 0 Å². The van der Waals surface area contributed by atoms with Gasteiger partial charge in [0.05, 0.1) is 21.9 Å². The number of hydrogen-bond acceptors (Lipinski definition) is 3. The summed E-state index contributed by atoms with van der Waals surface area (Å²) in [6.45, 7) is 0. The van der Waals surface area contributed by atoms with Gasteiger partial charge in [0.15, 0.2) is 0 Å². The van der Waals surface area contributed by atoms with Gasteiger partial charge in [0.25, 0.3) is 10.0 Å². The van der Waals surface area contributed by atoms with E-state index >= 15 is 0 Å². The van der Waals surface area contributed by atoms with Gasteiger partial charge in [-0.3, -0.25) is 9.82 Å². The molecule has 2 aromatic rings. The van der Waals surface area contributed by atoms with Gasteiger partial charge >= 0.3 is 0 Å². The van der Waals surface area contributed by atoms with Gasteiger partial charge in [-0.2, -0.15) is 5.10 Å². The Bertz CT molecular complexity index is 647. The minimum absolute atomic E-state index is 0.0523. The normalized spacial score (nSPS) is 11.5. The van der Waals surface area contributed by atoms with Gasteiger partial charge in [-0.05, 0) is 12.1 Å². The molecule has 0 aliphatic heterocycles. The Morgan fingerprint density at radius 3 is 2.28 bits per heavy atom. The van der Waals surface area contributed by atoms with Crippen molar-refractivity contribution in [2.75, 3.05) is 4.72 Å². The second-order valence-electron chi connectivity index (χ2n) is 3.29. The molecule has 96 valence electrons. The highest BCUT2D eigenvalue weighted by molar-refractivity contribution is 7.93. The average Bonchev–Trinajstić information content (AvgIpc) is 2.66. The first-order valence-electron chi connectivity index (χ1n) is 4.56. The average molecular weight is 327 g/mol. The third-order valence-corrected chi connectivity index (χ3v) is 4.50. The molecule has 0 atom stereocenters. The Morgan fingerprint density at radius 2 is 1.78 bits per heavy atom. The molecule has 1 aromatic carbocycles. The van der Waals surface area contributed by atoms with Crippen LogP contribution in [0.1, 0.15) is 0 Å². The second-order valence-corrected chi connectivity index (χ2v) is 6.16. The lowest BCUT2D eigenvalue weighted by atomic mass is 10.4. The summed E-state index contributed by atoms with van der Waals surface area (Å²) in [5.41, 5.74) is 0.275. The lowest BCUT2D eigenvalue weighted by Gasteiger charge is -2.09. The van der Waals surface area contributed by atoms with Crippen LogP contribution in [0.15, 0.2) is 29.4 Å². The molecule has 0 bridgehead atoms. The molecule has 0 aliphatic rings. The Labute approximate surface area is 118 Å². The first-order chi connectivity index (χ1) is 8.40. The van der Waals surface area contributed by atoms with Crippen LogP contribution in [0, 0.1) is 0 Å². The number of hydrogen-bond donors (Lipinski definition) is 2. The van der Waals surface area contributed by atoms with E-state index in [0.717, 1.165) is 0 Å². The molecular formula is C9H6Cl3N3O2S. The highest BCUT2D eigenvalue weighted by atomic mass is 35.5. The SMILES string of the molecule is O=S(=O)(Nc1cn[nH]c1)c1c(Cl)cc(Cl)cc1Cl. The minimum Gasteiger partial charge on any atom is -0.284 e. The van der Waals surface area contributed by atoms with Crippen molar-refractivity contribution in [2.45, 2.75) is 4.90 Å². The molecule has 0 amide bonds. The van der Waals surface area contributed by atoms with E-state index < -0.39 is 10.0 Å². The van der Waals surface area contributed by atoms with E-state index in [1.165, 1.54) is 24.5 Å². The molecule has 1 aromatic heterocycles. The molecule has 9 heteroatoms. The number of sulfonamides is 1. The standard InChI is InChI=1S/C9H6Cl3N3O2S/c10-5-1-7(11)9(8(12)2-5)18(16,17)15-6-3-13-14-4-6/h1-4,15H,(H,13,14). The summed E-state index contributed by atoms with van der Waals surface area (Å²) in [6, 6.07) is 2.61. The van der Waals surface area contributed by atoms with E-state index in [-0.39, 0.29) is 25.7 Å². The van der Waals surface area contributed by atoms with Gasteiger partial charge in [-0.15, -0.1) is 0 Å². The number of H-pyrrole nitrogens is 1. The molecule has 0 saturated heterocycles. The minimum atomic E-state index is -3.89. The number of aromatic nitrogens is 2. The van der Waals surface area contributed by atoms with E-state index in [0.29, 0.717) is 0 Å². The Kier molecular flexibility index (Phi) is 3.72. The monoisotopic (exact) mass is 325 g/mol. The smallest absolute Gasteiger partial charge is 0.264 e. The number of benzene rings is 1. The first kappa shape index (κ1) is 13.5. The molecule has 2 N–H and O–H groups in total. The van der Waals surface area contributed by atoms with Crippen molar-refractivity contribution in [1.82, 2.24) is 10.2 Å². The molecule has 0 unspecified atom stereocenters. The topological polar surface area (TPSA) is 74.8 Å². The Morgan fingerprint density at radius 1 is 1.17 bits per heavy atom. The molecule has 5 nitrogen and oxygen atoms in total. The predicted molar refractivity (Wildman–Crippen MR) is 70.9 cm³/mol. The fraction of sp³-hybridized carbons (Fsp3) is 0. The number of nitrogens with zero attached hydrogens (tertiary/aromatic N) is 1. The fourth-order valence-corrected chi connectivity index (χ4v) is 3.88. The van der Waals surface area contributed by atoms with Crippen LogP contribution in [0.25, 0.3) is 0 Å². The maximum atomic E-state index is 12.1. The van der Waals surface area contributed by atoms with E-state index in [2.05, 4.69) is 14.9 Å². The number of anilines is 1. The first-order valence-corrected chi connectivity index (χ1v) is 7.18. The summed E-state index contributed by atoms with van der Waals surface area (Å²) in [4.78, 5) is -0.226. The number of aromatic amines is 1. The number of halogens is 3.